The van der Waals surface area contributed by atoms with Crippen LogP contribution >= 0.6 is 11.3 Å². The third-order valence-electron chi connectivity index (χ3n) is 2.06. The number of hydrogen-bond acceptors (Lipinski definition) is 4. The van der Waals surface area contributed by atoms with Crippen LogP contribution in [0.2, 0.25) is 0 Å². The lowest BCUT2D eigenvalue weighted by atomic mass is 10.2. The molecule has 0 saturated carbocycles. The lowest BCUT2D eigenvalue weighted by molar-refractivity contribution is -0.120. The number of carbonyl (C=O) groups excluding carboxylic acids is 1. The van der Waals surface area contributed by atoms with Crippen molar-refractivity contribution < 1.29 is 4.79 Å². The summed E-state index contributed by atoms with van der Waals surface area (Å²) in [6.45, 7) is 5.76. The van der Waals surface area contributed by atoms with E-state index in [0.717, 1.165) is 4.88 Å². The third kappa shape index (κ3) is 5.48. The first-order chi connectivity index (χ1) is 8.11. The average Bonchev–Trinajstić information content (AvgIpc) is 2.74. The Morgan fingerprint density at radius 2 is 2.29 bits per heavy atom. The molecule has 0 saturated heterocycles. The maximum Gasteiger partial charge on any atom is 0.233 e. The molecular weight excluding hydrogens is 234 g/mol. The van der Waals surface area contributed by atoms with Crippen molar-refractivity contribution in [3.05, 3.63) is 21.9 Å². The minimum absolute atomic E-state index is 0.00997. The van der Waals surface area contributed by atoms with Crippen LogP contribution in [0.15, 0.2) is 12.1 Å². The fourth-order valence-electron chi connectivity index (χ4n) is 1.21. The van der Waals surface area contributed by atoms with E-state index in [-0.39, 0.29) is 5.91 Å². The van der Waals surface area contributed by atoms with E-state index in [1.807, 2.05) is 6.07 Å². The van der Waals surface area contributed by atoms with E-state index in [4.69, 9.17) is 5.26 Å². The van der Waals surface area contributed by atoms with Crippen molar-refractivity contribution in [2.45, 2.75) is 20.4 Å². The number of nitrogens with zero attached hydrogens (tertiary/aromatic N) is 1. The molecule has 1 heterocycles. The molecule has 0 aromatic carbocycles. The van der Waals surface area contributed by atoms with Crippen LogP contribution in [0.25, 0.3) is 0 Å². The van der Waals surface area contributed by atoms with Gasteiger partial charge in [0.1, 0.15) is 10.9 Å². The zero-order valence-electron chi connectivity index (χ0n) is 10.1. The average molecular weight is 251 g/mol. The topological polar surface area (TPSA) is 64.9 Å². The molecule has 0 unspecified atom stereocenters. The first-order valence-electron chi connectivity index (χ1n) is 5.58. The van der Waals surface area contributed by atoms with E-state index < -0.39 is 0 Å². The summed E-state index contributed by atoms with van der Waals surface area (Å²) in [7, 11) is 0. The van der Waals surface area contributed by atoms with E-state index in [1.165, 1.54) is 11.3 Å². The third-order valence-corrected chi connectivity index (χ3v) is 3.05. The monoisotopic (exact) mass is 251 g/mol. The second kappa shape index (κ2) is 7.05. The maximum absolute atomic E-state index is 11.4. The van der Waals surface area contributed by atoms with Crippen LogP contribution < -0.4 is 10.6 Å². The van der Waals surface area contributed by atoms with Gasteiger partial charge in [0, 0.05) is 18.0 Å². The normalized spacial score (nSPS) is 10.2. The van der Waals surface area contributed by atoms with Crippen molar-refractivity contribution in [3.63, 3.8) is 0 Å². The summed E-state index contributed by atoms with van der Waals surface area (Å²) < 4.78 is 0. The number of rotatable bonds is 6. The van der Waals surface area contributed by atoms with Gasteiger partial charge in [0.15, 0.2) is 0 Å². The first kappa shape index (κ1) is 13.7. The van der Waals surface area contributed by atoms with E-state index in [0.29, 0.717) is 30.4 Å². The highest BCUT2D eigenvalue weighted by Gasteiger charge is 2.03. The Hall–Kier alpha value is -1.38. The van der Waals surface area contributed by atoms with E-state index in [2.05, 4.69) is 30.6 Å². The SMILES string of the molecule is CC(C)CNC(=O)CNCc1ccc(C#N)s1. The Kier molecular flexibility index (Phi) is 5.67. The van der Waals surface area contributed by atoms with Gasteiger partial charge in [0.05, 0.1) is 6.54 Å². The van der Waals surface area contributed by atoms with E-state index >= 15 is 0 Å². The van der Waals surface area contributed by atoms with Gasteiger partial charge in [-0.15, -0.1) is 11.3 Å². The molecule has 4 nitrogen and oxygen atoms in total. The molecular formula is C12H17N3OS. The van der Waals surface area contributed by atoms with Crippen molar-refractivity contribution in [2.75, 3.05) is 13.1 Å². The van der Waals surface area contributed by atoms with Gasteiger partial charge in [0.25, 0.3) is 0 Å². The number of nitrogens with one attached hydrogen (secondary N) is 2. The van der Waals surface area contributed by atoms with Crippen molar-refractivity contribution in [1.29, 1.82) is 5.26 Å². The van der Waals surface area contributed by atoms with Crippen LogP contribution in [-0.2, 0) is 11.3 Å². The lowest BCUT2D eigenvalue weighted by Crippen LogP contribution is -2.35. The largest absolute Gasteiger partial charge is 0.355 e. The molecule has 0 atom stereocenters. The minimum atomic E-state index is 0.00997. The Labute approximate surface area is 106 Å². The lowest BCUT2D eigenvalue weighted by Gasteiger charge is -2.07. The van der Waals surface area contributed by atoms with Gasteiger partial charge >= 0.3 is 0 Å². The summed E-state index contributed by atoms with van der Waals surface area (Å²) >= 11 is 1.45. The van der Waals surface area contributed by atoms with Crippen molar-refractivity contribution in [1.82, 2.24) is 10.6 Å². The fraction of sp³-hybridized carbons (Fsp3) is 0.500. The molecule has 0 aliphatic heterocycles. The standard InChI is InChI=1S/C12H17N3OS/c1-9(2)6-15-12(16)8-14-7-11-4-3-10(5-13)17-11/h3-4,9,14H,6-8H2,1-2H3,(H,15,16). The molecule has 0 radical (unpaired) electrons. The summed E-state index contributed by atoms with van der Waals surface area (Å²) in [5.41, 5.74) is 0. The number of amides is 1. The van der Waals surface area contributed by atoms with Crippen LogP contribution in [0.4, 0.5) is 0 Å². The molecule has 17 heavy (non-hydrogen) atoms. The van der Waals surface area contributed by atoms with E-state index in [9.17, 15) is 4.79 Å². The quantitative estimate of drug-likeness (QED) is 0.805. The van der Waals surface area contributed by atoms with Crippen molar-refractivity contribution >= 4 is 17.2 Å². The van der Waals surface area contributed by atoms with Crippen molar-refractivity contribution in [2.24, 2.45) is 5.92 Å². The zero-order chi connectivity index (χ0) is 12.7. The second-order valence-electron chi connectivity index (χ2n) is 4.18. The Morgan fingerprint density at radius 1 is 1.53 bits per heavy atom. The van der Waals surface area contributed by atoms with Crippen LogP contribution in [0, 0.1) is 17.2 Å². The first-order valence-corrected chi connectivity index (χ1v) is 6.39. The summed E-state index contributed by atoms with van der Waals surface area (Å²) in [5, 5.41) is 14.5. The molecule has 92 valence electrons. The number of hydrogen-bond donors (Lipinski definition) is 2. The summed E-state index contributed by atoms with van der Waals surface area (Å²) in [5.74, 6) is 0.477. The van der Waals surface area contributed by atoms with Gasteiger partial charge in [-0.05, 0) is 18.1 Å². The smallest absolute Gasteiger partial charge is 0.233 e. The molecule has 0 bridgehead atoms. The van der Waals surface area contributed by atoms with Crippen LogP contribution in [0.5, 0.6) is 0 Å². The van der Waals surface area contributed by atoms with Gasteiger partial charge < -0.3 is 10.6 Å². The molecule has 0 aliphatic rings. The molecule has 0 fully saturated rings. The van der Waals surface area contributed by atoms with Gasteiger partial charge in [-0.25, -0.2) is 0 Å². The van der Waals surface area contributed by atoms with E-state index in [1.54, 1.807) is 6.07 Å². The van der Waals surface area contributed by atoms with Gasteiger partial charge in [-0.3, -0.25) is 4.79 Å². The van der Waals surface area contributed by atoms with Crippen LogP contribution in [0.3, 0.4) is 0 Å². The van der Waals surface area contributed by atoms with Crippen LogP contribution in [0.1, 0.15) is 23.6 Å². The molecule has 0 spiro atoms. The highest BCUT2D eigenvalue weighted by Crippen LogP contribution is 2.14. The second-order valence-corrected chi connectivity index (χ2v) is 5.35. The van der Waals surface area contributed by atoms with Gasteiger partial charge in [-0.1, -0.05) is 13.8 Å². The zero-order valence-corrected chi connectivity index (χ0v) is 10.9. The molecule has 1 aromatic rings. The summed E-state index contributed by atoms with van der Waals surface area (Å²) in [6.07, 6.45) is 0. The molecule has 1 rings (SSSR count). The minimum Gasteiger partial charge on any atom is -0.355 e. The Balaban J connectivity index is 2.19. The van der Waals surface area contributed by atoms with Crippen molar-refractivity contribution in [3.8, 4) is 6.07 Å². The highest BCUT2D eigenvalue weighted by molar-refractivity contribution is 7.12. The fourth-order valence-corrected chi connectivity index (χ4v) is 1.99. The Bertz CT molecular complexity index is 406. The predicted molar refractivity (Wildman–Crippen MR) is 68.6 cm³/mol. The van der Waals surface area contributed by atoms with Gasteiger partial charge in [-0.2, -0.15) is 5.26 Å². The molecule has 2 N–H and O–H groups in total. The Morgan fingerprint density at radius 3 is 2.88 bits per heavy atom. The van der Waals surface area contributed by atoms with Gasteiger partial charge in [0.2, 0.25) is 5.91 Å². The molecule has 0 aliphatic carbocycles. The molecule has 1 amide bonds. The summed E-state index contributed by atoms with van der Waals surface area (Å²) in [4.78, 5) is 13.1. The molecule has 5 heteroatoms. The number of nitriles is 1. The summed E-state index contributed by atoms with van der Waals surface area (Å²) in [6, 6.07) is 5.79. The molecule has 1 aromatic heterocycles. The number of thiophene rings is 1. The van der Waals surface area contributed by atoms with Crippen LogP contribution in [-0.4, -0.2) is 19.0 Å². The number of carbonyl (C=O) groups is 1. The predicted octanol–water partition coefficient (Wildman–Crippen LogP) is 1.48. The maximum atomic E-state index is 11.4. The highest BCUT2D eigenvalue weighted by atomic mass is 32.1.